The van der Waals surface area contributed by atoms with Crippen LogP contribution in [0.3, 0.4) is 0 Å². The number of phenols is 1. The SMILES string of the molecule is CCOc1cc(/C=C(\C#N)C(=O)Nc2ccc(O)cc2)ccc1OCC(=O)Nc1ccccc1OC. The molecule has 36 heavy (non-hydrogen) atoms. The highest BCUT2D eigenvalue weighted by molar-refractivity contribution is 6.09. The van der Waals surface area contributed by atoms with Crippen molar-refractivity contribution in [3.8, 4) is 29.1 Å². The number of nitrogens with one attached hydrogen (secondary N) is 2. The first kappa shape index (κ1) is 25.6. The highest BCUT2D eigenvalue weighted by Gasteiger charge is 2.13. The Balaban J connectivity index is 1.71. The van der Waals surface area contributed by atoms with Crippen molar-refractivity contribution in [3.05, 3.63) is 77.9 Å². The molecule has 0 atom stereocenters. The molecule has 2 amide bonds. The molecule has 0 aliphatic carbocycles. The van der Waals surface area contributed by atoms with Crippen molar-refractivity contribution >= 4 is 29.3 Å². The number of phenolic OH excluding ortho intramolecular Hbond substituents is 1. The van der Waals surface area contributed by atoms with Crippen molar-refractivity contribution in [1.82, 2.24) is 0 Å². The number of anilines is 2. The van der Waals surface area contributed by atoms with Gasteiger partial charge in [-0.2, -0.15) is 5.26 Å². The Morgan fingerprint density at radius 3 is 2.42 bits per heavy atom. The Hall–Kier alpha value is -4.97. The van der Waals surface area contributed by atoms with Crippen LogP contribution in [-0.4, -0.2) is 37.2 Å². The minimum Gasteiger partial charge on any atom is -0.508 e. The Kier molecular flexibility index (Phi) is 8.89. The third kappa shape index (κ3) is 7.01. The van der Waals surface area contributed by atoms with Crippen LogP contribution < -0.4 is 24.8 Å². The Bertz CT molecular complexity index is 1300. The molecule has 0 saturated heterocycles. The van der Waals surface area contributed by atoms with Crippen molar-refractivity contribution in [3.63, 3.8) is 0 Å². The lowest BCUT2D eigenvalue weighted by Crippen LogP contribution is -2.20. The van der Waals surface area contributed by atoms with Gasteiger partial charge < -0.3 is 30.0 Å². The van der Waals surface area contributed by atoms with E-state index in [4.69, 9.17) is 14.2 Å². The zero-order valence-corrected chi connectivity index (χ0v) is 19.8. The number of hydrogen-bond acceptors (Lipinski definition) is 7. The summed E-state index contributed by atoms with van der Waals surface area (Å²) in [5, 5.41) is 24.2. The molecule has 0 bridgehead atoms. The van der Waals surface area contributed by atoms with Crippen LogP contribution in [0, 0.1) is 11.3 Å². The van der Waals surface area contributed by atoms with E-state index in [9.17, 15) is 20.0 Å². The molecule has 0 aliphatic heterocycles. The molecule has 0 fully saturated rings. The van der Waals surface area contributed by atoms with Gasteiger partial charge in [0.2, 0.25) is 0 Å². The summed E-state index contributed by atoms with van der Waals surface area (Å²) in [5.74, 6) is 0.286. The average molecular weight is 488 g/mol. The largest absolute Gasteiger partial charge is 0.508 e. The van der Waals surface area contributed by atoms with Gasteiger partial charge >= 0.3 is 0 Å². The van der Waals surface area contributed by atoms with E-state index in [1.54, 1.807) is 49.4 Å². The lowest BCUT2D eigenvalue weighted by Gasteiger charge is -2.14. The fraction of sp³-hybridized carbons (Fsp3) is 0.148. The van der Waals surface area contributed by atoms with Crippen LogP contribution in [0.2, 0.25) is 0 Å². The molecule has 0 radical (unpaired) electrons. The maximum Gasteiger partial charge on any atom is 0.266 e. The van der Waals surface area contributed by atoms with E-state index in [-0.39, 0.29) is 23.8 Å². The van der Waals surface area contributed by atoms with Gasteiger partial charge in [-0.1, -0.05) is 18.2 Å². The third-order valence-corrected chi connectivity index (χ3v) is 4.81. The van der Waals surface area contributed by atoms with Crippen molar-refractivity contribution in [2.45, 2.75) is 6.92 Å². The highest BCUT2D eigenvalue weighted by Crippen LogP contribution is 2.30. The molecule has 9 heteroatoms. The molecule has 3 aromatic rings. The summed E-state index contributed by atoms with van der Waals surface area (Å²) in [6, 6.07) is 19.6. The van der Waals surface area contributed by atoms with Crippen LogP contribution in [0.25, 0.3) is 6.08 Å². The van der Waals surface area contributed by atoms with Gasteiger partial charge in [-0.05, 0) is 67.1 Å². The number of aromatic hydroxyl groups is 1. The minimum atomic E-state index is -0.602. The Morgan fingerprint density at radius 2 is 1.72 bits per heavy atom. The molecule has 3 rings (SSSR count). The second-order valence-corrected chi connectivity index (χ2v) is 7.35. The zero-order chi connectivity index (χ0) is 25.9. The lowest BCUT2D eigenvalue weighted by atomic mass is 10.1. The van der Waals surface area contributed by atoms with Crippen LogP contribution in [0.1, 0.15) is 12.5 Å². The molecule has 0 aromatic heterocycles. The molecule has 0 spiro atoms. The summed E-state index contributed by atoms with van der Waals surface area (Å²) in [4.78, 5) is 24.9. The van der Waals surface area contributed by atoms with Crippen LogP contribution >= 0.6 is 0 Å². The first-order chi connectivity index (χ1) is 17.4. The van der Waals surface area contributed by atoms with E-state index >= 15 is 0 Å². The number of hydrogen-bond donors (Lipinski definition) is 3. The number of methoxy groups -OCH3 is 1. The van der Waals surface area contributed by atoms with Crippen molar-refractivity contribution in [1.29, 1.82) is 5.26 Å². The van der Waals surface area contributed by atoms with Gasteiger partial charge in [0, 0.05) is 5.69 Å². The zero-order valence-electron chi connectivity index (χ0n) is 19.8. The van der Waals surface area contributed by atoms with Gasteiger partial charge in [-0.3, -0.25) is 9.59 Å². The molecule has 3 aromatic carbocycles. The summed E-state index contributed by atoms with van der Waals surface area (Å²) in [5.41, 5.74) is 1.36. The number of rotatable bonds is 10. The van der Waals surface area contributed by atoms with E-state index in [1.807, 2.05) is 6.07 Å². The number of para-hydroxylation sites is 2. The predicted molar refractivity (Wildman–Crippen MR) is 135 cm³/mol. The van der Waals surface area contributed by atoms with Crippen LogP contribution in [0.4, 0.5) is 11.4 Å². The fourth-order valence-corrected chi connectivity index (χ4v) is 3.14. The number of ether oxygens (including phenoxy) is 3. The maximum atomic E-state index is 12.5. The van der Waals surface area contributed by atoms with E-state index in [2.05, 4.69) is 10.6 Å². The molecule has 0 heterocycles. The molecule has 0 saturated carbocycles. The quantitative estimate of drug-likeness (QED) is 0.220. The van der Waals surface area contributed by atoms with Gasteiger partial charge in [0.05, 0.1) is 19.4 Å². The first-order valence-corrected chi connectivity index (χ1v) is 11.0. The monoisotopic (exact) mass is 487 g/mol. The molecule has 0 aliphatic rings. The smallest absolute Gasteiger partial charge is 0.266 e. The topological polar surface area (TPSA) is 130 Å². The number of nitrogens with zero attached hydrogens (tertiary/aromatic N) is 1. The standard InChI is InChI=1S/C27H25N3O6/c1-3-35-25-15-18(14-19(16-28)27(33)29-20-9-11-21(31)12-10-20)8-13-24(25)36-17-26(32)30-22-6-4-5-7-23(22)34-2/h4-15,31H,3,17H2,1-2H3,(H,29,33)(H,30,32)/b19-14+. The maximum absolute atomic E-state index is 12.5. The van der Waals surface area contributed by atoms with E-state index < -0.39 is 5.91 Å². The second kappa shape index (κ2) is 12.5. The third-order valence-electron chi connectivity index (χ3n) is 4.81. The molecular weight excluding hydrogens is 462 g/mol. The normalized spacial score (nSPS) is 10.6. The van der Waals surface area contributed by atoms with Gasteiger partial charge in [0.15, 0.2) is 18.1 Å². The van der Waals surface area contributed by atoms with E-state index in [0.717, 1.165) is 0 Å². The van der Waals surface area contributed by atoms with Gasteiger partial charge in [0.25, 0.3) is 11.8 Å². The number of amides is 2. The Morgan fingerprint density at radius 1 is 0.972 bits per heavy atom. The lowest BCUT2D eigenvalue weighted by molar-refractivity contribution is -0.118. The number of carbonyl (C=O) groups excluding carboxylic acids is 2. The summed E-state index contributed by atoms with van der Waals surface area (Å²) >= 11 is 0. The number of benzene rings is 3. The predicted octanol–water partition coefficient (Wildman–Crippen LogP) is 4.36. The average Bonchev–Trinajstić information content (AvgIpc) is 2.88. The summed E-state index contributed by atoms with van der Waals surface area (Å²) in [6.07, 6.45) is 1.41. The van der Waals surface area contributed by atoms with E-state index in [0.29, 0.717) is 40.8 Å². The van der Waals surface area contributed by atoms with Gasteiger partial charge in [0.1, 0.15) is 23.1 Å². The van der Waals surface area contributed by atoms with Crippen LogP contribution in [0.15, 0.2) is 72.3 Å². The number of nitriles is 1. The summed E-state index contributed by atoms with van der Waals surface area (Å²) in [7, 11) is 1.51. The molecule has 184 valence electrons. The Labute approximate surface area is 208 Å². The molecular formula is C27H25N3O6. The summed E-state index contributed by atoms with van der Waals surface area (Å²) < 4.78 is 16.5. The first-order valence-electron chi connectivity index (χ1n) is 11.0. The van der Waals surface area contributed by atoms with Gasteiger partial charge in [-0.15, -0.1) is 0 Å². The molecule has 9 nitrogen and oxygen atoms in total. The van der Waals surface area contributed by atoms with Crippen LogP contribution in [-0.2, 0) is 9.59 Å². The number of carbonyl (C=O) groups is 2. The second-order valence-electron chi connectivity index (χ2n) is 7.35. The highest BCUT2D eigenvalue weighted by atomic mass is 16.5. The summed E-state index contributed by atoms with van der Waals surface area (Å²) in [6.45, 7) is 1.86. The van der Waals surface area contributed by atoms with Crippen molar-refractivity contribution in [2.24, 2.45) is 0 Å². The fourth-order valence-electron chi connectivity index (χ4n) is 3.14. The molecule has 3 N–H and O–H groups in total. The molecule has 0 unspecified atom stereocenters. The van der Waals surface area contributed by atoms with Gasteiger partial charge in [-0.25, -0.2) is 0 Å². The van der Waals surface area contributed by atoms with E-state index in [1.165, 1.54) is 37.5 Å². The minimum absolute atomic E-state index is 0.0621. The van der Waals surface area contributed by atoms with Crippen molar-refractivity contribution < 1.29 is 28.9 Å². The van der Waals surface area contributed by atoms with Crippen molar-refractivity contribution in [2.75, 3.05) is 31.0 Å². The van der Waals surface area contributed by atoms with Crippen LogP contribution in [0.5, 0.6) is 23.0 Å².